The molecule has 1 fully saturated rings. The molecule has 0 spiro atoms. The van der Waals surface area contributed by atoms with Gasteiger partial charge in [0.05, 0.1) is 0 Å². The summed E-state index contributed by atoms with van der Waals surface area (Å²) in [4.78, 5) is 0. The molecule has 1 aliphatic heterocycles. The van der Waals surface area contributed by atoms with Crippen LogP contribution in [0.5, 0.6) is 0 Å². The molecule has 0 aromatic heterocycles. The molecular formula is C14H29NS2. The maximum absolute atomic E-state index is 3.62. The van der Waals surface area contributed by atoms with Gasteiger partial charge in [-0.05, 0) is 13.0 Å². The summed E-state index contributed by atoms with van der Waals surface area (Å²) in [5, 5.41) is 4.50. The number of hydrogen-bond donors (Lipinski definition) is 1. The molecule has 17 heavy (non-hydrogen) atoms. The first kappa shape index (κ1) is 15.7. The predicted octanol–water partition coefficient (Wildman–Crippen LogP) is 4.18. The van der Waals surface area contributed by atoms with E-state index in [-0.39, 0.29) is 0 Å². The van der Waals surface area contributed by atoms with Crippen LogP contribution in [0, 0.1) is 0 Å². The van der Waals surface area contributed by atoms with Crippen molar-refractivity contribution in [3.05, 3.63) is 0 Å². The molecule has 102 valence electrons. The summed E-state index contributed by atoms with van der Waals surface area (Å²) in [6.07, 6.45) is 9.91. The van der Waals surface area contributed by atoms with E-state index in [1.165, 1.54) is 75.3 Å². The Balaban J connectivity index is 1.75. The van der Waals surface area contributed by atoms with Crippen LogP contribution in [-0.4, -0.2) is 35.6 Å². The summed E-state index contributed by atoms with van der Waals surface area (Å²) in [5.74, 6) is 4.07. The van der Waals surface area contributed by atoms with Crippen LogP contribution >= 0.6 is 23.5 Å². The summed E-state index contributed by atoms with van der Waals surface area (Å²) in [6, 6.07) is 0. The maximum Gasteiger partial charge on any atom is 0.0263 e. The fourth-order valence-corrected chi connectivity index (χ4v) is 4.77. The van der Waals surface area contributed by atoms with Gasteiger partial charge in [0, 0.05) is 29.1 Å². The summed E-state index contributed by atoms with van der Waals surface area (Å²) < 4.78 is 0. The number of nitrogens with one attached hydrogen (secondary N) is 1. The third kappa shape index (κ3) is 9.26. The van der Waals surface area contributed by atoms with Crippen molar-refractivity contribution in [1.29, 1.82) is 0 Å². The van der Waals surface area contributed by atoms with Gasteiger partial charge in [-0.1, -0.05) is 45.4 Å². The summed E-state index contributed by atoms with van der Waals surface area (Å²) in [6.45, 7) is 4.74. The van der Waals surface area contributed by atoms with Crippen molar-refractivity contribution in [3.63, 3.8) is 0 Å². The molecule has 1 N–H and O–H groups in total. The van der Waals surface area contributed by atoms with Crippen molar-refractivity contribution < 1.29 is 0 Å². The second kappa shape index (κ2) is 11.7. The number of hydrogen-bond acceptors (Lipinski definition) is 3. The molecule has 0 aliphatic carbocycles. The predicted molar refractivity (Wildman–Crippen MR) is 84.4 cm³/mol. The SMILES string of the molecule is CCCCCCCCCNCC1CSCCS1. The molecule has 1 atom stereocenters. The lowest BCUT2D eigenvalue weighted by molar-refractivity contribution is 0.563. The largest absolute Gasteiger partial charge is 0.316 e. The van der Waals surface area contributed by atoms with Gasteiger partial charge in [0.2, 0.25) is 0 Å². The van der Waals surface area contributed by atoms with E-state index in [0.717, 1.165) is 5.25 Å². The topological polar surface area (TPSA) is 12.0 Å². The van der Waals surface area contributed by atoms with Crippen LogP contribution in [0.3, 0.4) is 0 Å². The summed E-state index contributed by atoms with van der Waals surface area (Å²) in [5.41, 5.74) is 0. The third-order valence-electron chi connectivity index (χ3n) is 3.21. The normalized spacial score (nSPS) is 20.6. The van der Waals surface area contributed by atoms with Gasteiger partial charge in [-0.2, -0.15) is 23.5 Å². The number of unbranched alkanes of at least 4 members (excludes halogenated alkanes) is 6. The van der Waals surface area contributed by atoms with Crippen molar-refractivity contribution in [3.8, 4) is 0 Å². The Morgan fingerprint density at radius 2 is 1.76 bits per heavy atom. The Labute approximate surface area is 116 Å². The van der Waals surface area contributed by atoms with E-state index in [0.29, 0.717) is 0 Å². The molecule has 0 amide bonds. The molecular weight excluding hydrogens is 246 g/mol. The zero-order valence-electron chi connectivity index (χ0n) is 11.4. The van der Waals surface area contributed by atoms with Crippen molar-refractivity contribution in [2.45, 2.75) is 57.1 Å². The Morgan fingerprint density at radius 1 is 1.00 bits per heavy atom. The average Bonchev–Trinajstić information content (AvgIpc) is 2.38. The zero-order valence-corrected chi connectivity index (χ0v) is 13.0. The molecule has 3 heteroatoms. The highest BCUT2D eigenvalue weighted by molar-refractivity contribution is 8.06. The molecule has 1 unspecified atom stereocenters. The standard InChI is InChI=1S/C14H29NS2/c1-2-3-4-5-6-7-8-9-15-12-14-13-16-10-11-17-14/h14-15H,2-13H2,1H3. The fraction of sp³-hybridized carbons (Fsp3) is 1.00. The first-order valence-electron chi connectivity index (χ1n) is 7.33. The minimum Gasteiger partial charge on any atom is -0.316 e. The molecule has 0 radical (unpaired) electrons. The maximum atomic E-state index is 3.62. The van der Waals surface area contributed by atoms with Crippen molar-refractivity contribution in [2.75, 3.05) is 30.3 Å². The van der Waals surface area contributed by atoms with E-state index < -0.39 is 0 Å². The molecule has 1 nitrogen and oxygen atoms in total. The number of rotatable bonds is 10. The van der Waals surface area contributed by atoms with Gasteiger partial charge in [-0.25, -0.2) is 0 Å². The smallest absolute Gasteiger partial charge is 0.0263 e. The minimum absolute atomic E-state index is 0.873. The summed E-state index contributed by atoms with van der Waals surface area (Å²) in [7, 11) is 0. The Kier molecular flexibility index (Phi) is 10.8. The van der Waals surface area contributed by atoms with Gasteiger partial charge in [-0.15, -0.1) is 0 Å². The van der Waals surface area contributed by atoms with Gasteiger partial charge in [0.1, 0.15) is 0 Å². The fourth-order valence-electron chi connectivity index (χ4n) is 2.12. The molecule has 1 saturated heterocycles. The lowest BCUT2D eigenvalue weighted by atomic mass is 10.1. The zero-order chi connectivity index (χ0) is 12.2. The molecule has 1 aliphatic rings. The first-order valence-corrected chi connectivity index (χ1v) is 9.54. The highest BCUT2D eigenvalue weighted by atomic mass is 32.2. The van der Waals surface area contributed by atoms with Crippen molar-refractivity contribution in [2.24, 2.45) is 0 Å². The van der Waals surface area contributed by atoms with Crippen LogP contribution < -0.4 is 5.32 Å². The van der Waals surface area contributed by atoms with E-state index in [1.54, 1.807) is 0 Å². The van der Waals surface area contributed by atoms with E-state index in [4.69, 9.17) is 0 Å². The van der Waals surface area contributed by atoms with Gasteiger partial charge in [0.15, 0.2) is 0 Å². The first-order chi connectivity index (χ1) is 8.43. The lowest BCUT2D eigenvalue weighted by Gasteiger charge is -2.21. The minimum atomic E-state index is 0.873. The molecule has 0 saturated carbocycles. The van der Waals surface area contributed by atoms with E-state index in [9.17, 15) is 0 Å². The highest BCUT2D eigenvalue weighted by Gasteiger charge is 2.12. The van der Waals surface area contributed by atoms with Crippen LogP contribution in [0.1, 0.15) is 51.9 Å². The highest BCUT2D eigenvalue weighted by Crippen LogP contribution is 2.23. The molecule has 1 rings (SSSR count). The third-order valence-corrected chi connectivity index (χ3v) is 6.06. The van der Waals surface area contributed by atoms with Gasteiger partial charge >= 0.3 is 0 Å². The monoisotopic (exact) mass is 275 g/mol. The molecule has 0 aromatic rings. The van der Waals surface area contributed by atoms with Crippen LogP contribution in [-0.2, 0) is 0 Å². The van der Waals surface area contributed by atoms with Crippen LogP contribution in [0.15, 0.2) is 0 Å². The van der Waals surface area contributed by atoms with Crippen molar-refractivity contribution in [1.82, 2.24) is 5.32 Å². The second-order valence-corrected chi connectivity index (χ2v) is 7.45. The van der Waals surface area contributed by atoms with Gasteiger partial charge in [0.25, 0.3) is 0 Å². The Morgan fingerprint density at radius 3 is 2.47 bits per heavy atom. The second-order valence-electron chi connectivity index (χ2n) is 4.89. The van der Waals surface area contributed by atoms with Gasteiger partial charge < -0.3 is 5.32 Å². The Bertz CT molecular complexity index is 158. The Hall–Kier alpha value is 0.660. The average molecular weight is 276 g/mol. The van der Waals surface area contributed by atoms with E-state index in [1.807, 2.05) is 0 Å². The summed E-state index contributed by atoms with van der Waals surface area (Å²) >= 11 is 4.28. The van der Waals surface area contributed by atoms with Crippen LogP contribution in [0.2, 0.25) is 0 Å². The molecule has 0 aromatic carbocycles. The van der Waals surface area contributed by atoms with Gasteiger partial charge in [-0.3, -0.25) is 0 Å². The van der Waals surface area contributed by atoms with E-state index >= 15 is 0 Å². The van der Waals surface area contributed by atoms with Crippen molar-refractivity contribution >= 4 is 23.5 Å². The molecule has 1 heterocycles. The van der Waals surface area contributed by atoms with E-state index in [2.05, 4.69) is 35.8 Å². The van der Waals surface area contributed by atoms with Crippen LogP contribution in [0.25, 0.3) is 0 Å². The quantitative estimate of drug-likeness (QED) is 0.601. The van der Waals surface area contributed by atoms with Crippen LogP contribution in [0.4, 0.5) is 0 Å². The number of thioether (sulfide) groups is 2. The lowest BCUT2D eigenvalue weighted by Crippen LogP contribution is -2.29. The molecule has 0 bridgehead atoms.